The van der Waals surface area contributed by atoms with Crippen molar-refractivity contribution in [2.24, 2.45) is 0 Å². The highest BCUT2D eigenvalue weighted by atomic mass is 16.4. The van der Waals surface area contributed by atoms with Crippen LogP contribution in [0.5, 0.6) is 0 Å². The molecule has 0 spiro atoms. The van der Waals surface area contributed by atoms with E-state index in [1.807, 2.05) is 0 Å². The zero-order chi connectivity index (χ0) is 12.1. The second kappa shape index (κ2) is 6.21. The van der Waals surface area contributed by atoms with Gasteiger partial charge in [0.25, 0.3) is 0 Å². The molecule has 0 aromatic carbocycles. The van der Waals surface area contributed by atoms with E-state index in [4.69, 9.17) is 5.11 Å². The molecule has 4 nitrogen and oxygen atoms in total. The largest absolute Gasteiger partial charge is 0.481 e. The van der Waals surface area contributed by atoms with Crippen LogP contribution in [0.25, 0.3) is 0 Å². The summed E-state index contributed by atoms with van der Waals surface area (Å²) < 4.78 is 0. The molecule has 16 heavy (non-hydrogen) atoms. The van der Waals surface area contributed by atoms with Crippen molar-refractivity contribution < 1.29 is 9.90 Å². The van der Waals surface area contributed by atoms with Gasteiger partial charge in [-0.15, -0.1) is 0 Å². The Morgan fingerprint density at radius 2 is 2.19 bits per heavy atom. The highest BCUT2D eigenvalue weighted by Gasteiger charge is 2.26. The van der Waals surface area contributed by atoms with Crippen LogP contribution in [-0.2, 0) is 4.79 Å². The van der Waals surface area contributed by atoms with E-state index < -0.39 is 5.97 Å². The molecule has 0 bridgehead atoms. The van der Waals surface area contributed by atoms with Crippen molar-refractivity contribution in [1.29, 1.82) is 0 Å². The number of carboxylic acids is 1. The van der Waals surface area contributed by atoms with Crippen molar-refractivity contribution in [1.82, 2.24) is 9.80 Å². The van der Waals surface area contributed by atoms with Crippen LogP contribution >= 0.6 is 0 Å². The molecule has 0 saturated carbocycles. The summed E-state index contributed by atoms with van der Waals surface area (Å²) in [4.78, 5) is 15.5. The Morgan fingerprint density at radius 1 is 1.50 bits per heavy atom. The maximum atomic E-state index is 10.8. The van der Waals surface area contributed by atoms with Crippen LogP contribution in [0.15, 0.2) is 0 Å². The van der Waals surface area contributed by atoms with Crippen molar-refractivity contribution in [3.05, 3.63) is 0 Å². The summed E-state index contributed by atoms with van der Waals surface area (Å²) in [5.41, 5.74) is 0. The minimum absolute atomic E-state index is 0.194. The molecule has 0 aliphatic carbocycles. The smallest absolute Gasteiger partial charge is 0.304 e. The Balaban J connectivity index is 2.63. The summed E-state index contributed by atoms with van der Waals surface area (Å²) >= 11 is 0. The first-order valence-corrected chi connectivity index (χ1v) is 6.20. The predicted octanol–water partition coefficient (Wildman–Crippen LogP) is 1.27. The fourth-order valence-electron chi connectivity index (χ4n) is 2.63. The van der Waals surface area contributed by atoms with E-state index in [0.29, 0.717) is 6.04 Å². The Labute approximate surface area is 98.2 Å². The summed E-state index contributed by atoms with van der Waals surface area (Å²) in [6, 6.07) is 0.649. The van der Waals surface area contributed by atoms with E-state index in [9.17, 15) is 4.79 Å². The van der Waals surface area contributed by atoms with Gasteiger partial charge in [0.1, 0.15) is 0 Å². The maximum absolute atomic E-state index is 10.8. The molecule has 2 unspecified atom stereocenters. The van der Waals surface area contributed by atoms with E-state index in [1.54, 1.807) is 0 Å². The molecule has 1 N–H and O–H groups in total. The minimum atomic E-state index is -0.684. The van der Waals surface area contributed by atoms with Crippen LogP contribution in [0.4, 0.5) is 0 Å². The molecule has 0 amide bonds. The minimum Gasteiger partial charge on any atom is -0.481 e. The summed E-state index contributed by atoms with van der Waals surface area (Å²) in [6.45, 7) is 7.46. The number of likely N-dealkylation sites (N-methyl/N-ethyl adjacent to an activating group) is 1. The maximum Gasteiger partial charge on any atom is 0.304 e. The van der Waals surface area contributed by atoms with Gasteiger partial charge in [0, 0.05) is 18.6 Å². The third kappa shape index (κ3) is 3.76. The van der Waals surface area contributed by atoms with Gasteiger partial charge in [-0.1, -0.05) is 6.92 Å². The molecule has 1 fully saturated rings. The molecule has 0 radical (unpaired) electrons. The molecule has 94 valence electrons. The molecular weight excluding hydrogens is 204 g/mol. The monoisotopic (exact) mass is 228 g/mol. The van der Waals surface area contributed by atoms with Gasteiger partial charge in [0.2, 0.25) is 0 Å². The van der Waals surface area contributed by atoms with Crippen LogP contribution in [-0.4, -0.2) is 59.6 Å². The van der Waals surface area contributed by atoms with Gasteiger partial charge < -0.3 is 10.0 Å². The summed E-state index contributed by atoms with van der Waals surface area (Å²) in [7, 11) is 2.14. The molecule has 0 aromatic heterocycles. The third-order valence-electron chi connectivity index (χ3n) is 3.45. The molecule has 1 aliphatic heterocycles. The first kappa shape index (κ1) is 13.5. The number of aliphatic carboxylic acids is 1. The van der Waals surface area contributed by atoms with Gasteiger partial charge >= 0.3 is 5.97 Å². The van der Waals surface area contributed by atoms with E-state index in [1.165, 1.54) is 0 Å². The van der Waals surface area contributed by atoms with Gasteiger partial charge in [-0.3, -0.25) is 9.69 Å². The van der Waals surface area contributed by atoms with Crippen LogP contribution in [0.3, 0.4) is 0 Å². The van der Waals surface area contributed by atoms with Crippen molar-refractivity contribution >= 4 is 5.97 Å². The van der Waals surface area contributed by atoms with Crippen molar-refractivity contribution in [2.45, 2.75) is 45.2 Å². The van der Waals surface area contributed by atoms with Gasteiger partial charge in [-0.2, -0.15) is 0 Å². The van der Waals surface area contributed by atoms with Gasteiger partial charge in [-0.25, -0.2) is 0 Å². The number of rotatable bonds is 4. The number of carboxylic acid groups (broad SMARTS) is 1. The Morgan fingerprint density at radius 3 is 2.75 bits per heavy atom. The molecule has 1 heterocycles. The summed E-state index contributed by atoms with van der Waals surface area (Å²) in [5.74, 6) is -0.684. The van der Waals surface area contributed by atoms with Crippen molar-refractivity contribution in [3.63, 3.8) is 0 Å². The number of hydrogen-bond donors (Lipinski definition) is 1. The van der Waals surface area contributed by atoms with Gasteiger partial charge in [-0.05, 0) is 39.9 Å². The second-order valence-corrected chi connectivity index (χ2v) is 4.86. The number of hydrogen-bond acceptors (Lipinski definition) is 3. The average Bonchev–Trinajstić information content (AvgIpc) is 2.36. The Kier molecular flexibility index (Phi) is 5.22. The van der Waals surface area contributed by atoms with E-state index >= 15 is 0 Å². The quantitative estimate of drug-likeness (QED) is 0.787. The van der Waals surface area contributed by atoms with E-state index in [0.717, 1.165) is 32.5 Å². The Hall–Kier alpha value is -0.610. The van der Waals surface area contributed by atoms with Crippen LogP contribution < -0.4 is 0 Å². The molecular formula is C12H24N2O2. The summed E-state index contributed by atoms with van der Waals surface area (Å²) in [6.07, 6.45) is 2.32. The number of nitrogens with zero attached hydrogens (tertiary/aromatic N) is 2. The van der Waals surface area contributed by atoms with Crippen molar-refractivity contribution in [3.8, 4) is 0 Å². The molecule has 0 aromatic rings. The first-order valence-electron chi connectivity index (χ1n) is 6.20. The fourth-order valence-corrected chi connectivity index (χ4v) is 2.63. The van der Waals surface area contributed by atoms with Crippen LogP contribution in [0.2, 0.25) is 0 Å². The SMILES string of the molecule is CCC(CC(=O)O)N1CCCN(C)CC1C. The third-order valence-corrected chi connectivity index (χ3v) is 3.45. The van der Waals surface area contributed by atoms with Gasteiger partial charge in [0.05, 0.1) is 6.42 Å². The summed E-state index contributed by atoms with van der Waals surface area (Å²) in [5, 5.41) is 8.92. The van der Waals surface area contributed by atoms with Crippen molar-refractivity contribution in [2.75, 3.05) is 26.7 Å². The van der Waals surface area contributed by atoms with Gasteiger partial charge in [0.15, 0.2) is 0 Å². The highest BCUT2D eigenvalue weighted by Crippen LogP contribution is 2.17. The predicted molar refractivity (Wildman–Crippen MR) is 64.6 cm³/mol. The van der Waals surface area contributed by atoms with Crippen LogP contribution in [0, 0.1) is 0 Å². The van der Waals surface area contributed by atoms with Crippen LogP contribution in [0.1, 0.15) is 33.1 Å². The molecule has 4 heteroatoms. The topological polar surface area (TPSA) is 43.8 Å². The molecule has 1 aliphatic rings. The lowest BCUT2D eigenvalue weighted by molar-refractivity contribution is -0.138. The Bertz CT molecular complexity index is 233. The molecule has 1 saturated heterocycles. The standard InChI is InChI=1S/C12H24N2O2/c1-4-11(8-12(15)16)14-7-5-6-13(3)9-10(14)2/h10-11H,4-9H2,1-3H3,(H,15,16). The lowest BCUT2D eigenvalue weighted by Crippen LogP contribution is -2.45. The normalized spacial score (nSPS) is 26.3. The fraction of sp³-hybridized carbons (Fsp3) is 0.917. The molecule has 1 rings (SSSR count). The molecule has 2 atom stereocenters. The van der Waals surface area contributed by atoms with E-state index in [2.05, 4.69) is 30.7 Å². The second-order valence-electron chi connectivity index (χ2n) is 4.86. The number of carbonyl (C=O) groups is 1. The lowest BCUT2D eigenvalue weighted by Gasteiger charge is -2.34. The lowest BCUT2D eigenvalue weighted by atomic mass is 10.1. The van der Waals surface area contributed by atoms with E-state index in [-0.39, 0.29) is 12.5 Å². The zero-order valence-corrected chi connectivity index (χ0v) is 10.6. The average molecular weight is 228 g/mol. The first-order chi connectivity index (χ1) is 7.54. The highest BCUT2D eigenvalue weighted by molar-refractivity contribution is 5.67. The zero-order valence-electron chi connectivity index (χ0n) is 10.6.